The Kier molecular flexibility index (Phi) is 22.5. The third-order valence-electron chi connectivity index (χ3n) is 7.39. The normalized spacial score (nSPS) is 13.7. The maximum absolute atomic E-state index is 11.5. The SMILES string of the molecule is CCCCCCCCCC[N+](C)(C)C(CCS(=O)(=O)O)[N+](C)(C)CCCCCCCC.CCCS(=O)(=O)O. The van der Waals surface area contributed by atoms with E-state index in [9.17, 15) is 21.4 Å². The summed E-state index contributed by atoms with van der Waals surface area (Å²) in [4.78, 5) is 0. The summed E-state index contributed by atoms with van der Waals surface area (Å²) in [6.07, 6.45) is 19.2. The summed E-state index contributed by atoms with van der Waals surface area (Å²) in [5.41, 5.74) is 0. The molecular weight excluding hydrogens is 524 g/mol. The second-order valence-corrected chi connectivity index (χ2v) is 15.2. The van der Waals surface area contributed by atoms with Gasteiger partial charge in [-0.25, -0.2) is 0 Å². The van der Waals surface area contributed by atoms with Gasteiger partial charge in [-0.1, -0.05) is 85.0 Å². The molecule has 10 heteroatoms. The first-order valence-corrected chi connectivity index (χ1v) is 18.3. The summed E-state index contributed by atoms with van der Waals surface area (Å²) in [7, 11) is 1.37. The molecule has 0 saturated heterocycles. The van der Waals surface area contributed by atoms with Crippen LogP contribution in [0.3, 0.4) is 0 Å². The first kappa shape index (κ1) is 39.9. The molecule has 1 unspecified atom stereocenters. The highest BCUT2D eigenvalue weighted by molar-refractivity contribution is 7.86. The molecule has 1 atom stereocenters. The molecule has 0 fully saturated rings. The van der Waals surface area contributed by atoms with Crippen molar-refractivity contribution in [3.63, 3.8) is 0 Å². The Bertz CT molecular complexity index is 768. The molecule has 0 rings (SSSR count). The zero-order valence-electron chi connectivity index (χ0n) is 26.0. The minimum Gasteiger partial charge on any atom is -0.286 e. The number of quaternary nitrogens is 2. The van der Waals surface area contributed by atoms with Crippen molar-refractivity contribution in [2.24, 2.45) is 0 Å². The van der Waals surface area contributed by atoms with Crippen LogP contribution in [-0.4, -0.2) is 93.9 Å². The van der Waals surface area contributed by atoms with E-state index in [1.807, 2.05) is 0 Å². The van der Waals surface area contributed by atoms with Gasteiger partial charge in [0.05, 0.1) is 59.2 Å². The van der Waals surface area contributed by atoms with Crippen molar-refractivity contribution in [1.29, 1.82) is 0 Å². The van der Waals surface area contributed by atoms with E-state index in [2.05, 4.69) is 42.0 Å². The first-order valence-electron chi connectivity index (χ1n) is 15.1. The maximum atomic E-state index is 11.5. The Hall–Kier alpha value is -0.260. The second kappa shape index (κ2) is 21.5. The van der Waals surface area contributed by atoms with Gasteiger partial charge in [-0.3, -0.25) is 18.1 Å². The lowest BCUT2D eigenvalue weighted by Gasteiger charge is -2.47. The summed E-state index contributed by atoms with van der Waals surface area (Å²) < 4.78 is 61.6. The predicted molar refractivity (Wildman–Crippen MR) is 161 cm³/mol. The lowest BCUT2D eigenvalue weighted by molar-refractivity contribution is -1.10. The van der Waals surface area contributed by atoms with Crippen molar-refractivity contribution in [3.05, 3.63) is 0 Å². The smallest absolute Gasteiger partial charge is 0.265 e. The van der Waals surface area contributed by atoms with Gasteiger partial charge in [0.1, 0.15) is 0 Å². The monoisotopic (exact) mass is 588 g/mol. The Morgan fingerprint density at radius 1 is 0.500 bits per heavy atom. The van der Waals surface area contributed by atoms with Crippen LogP contribution in [-0.2, 0) is 20.2 Å². The number of nitrogens with zero attached hydrogens (tertiary/aromatic N) is 2. The Morgan fingerprint density at radius 2 is 0.816 bits per heavy atom. The van der Waals surface area contributed by atoms with Crippen LogP contribution in [0, 0.1) is 0 Å². The molecule has 0 radical (unpaired) electrons. The third-order valence-corrected chi connectivity index (χ3v) is 9.06. The van der Waals surface area contributed by atoms with Gasteiger partial charge < -0.3 is 0 Å². The van der Waals surface area contributed by atoms with Gasteiger partial charge in [0.2, 0.25) is 6.17 Å². The number of unbranched alkanes of at least 4 members (excludes halogenated alkanes) is 12. The summed E-state index contributed by atoms with van der Waals surface area (Å²) in [5, 5.41) is 0. The summed E-state index contributed by atoms with van der Waals surface area (Å²) in [6.45, 7) is 8.30. The molecule has 0 aromatic rings. The quantitative estimate of drug-likeness (QED) is 0.0608. The molecular formula is C28H64N2O6S2+2. The summed E-state index contributed by atoms with van der Waals surface area (Å²) in [6, 6.07) is 0. The van der Waals surface area contributed by atoms with Crippen LogP contribution in [0.15, 0.2) is 0 Å². The summed E-state index contributed by atoms with van der Waals surface area (Å²) in [5.74, 6) is -0.276. The molecule has 0 amide bonds. The van der Waals surface area contributed by atoms with E-state index in [-0.39, 0.29) is 17.7 Å². The van der Waals surface area contributed by atoms with Crippen LogP contribution in [0.1, 0.15) is 124 Å². The fraction of sp³-hybridized carbons (Fsp3) is 1.00. The predicted octanol–water partition coefficient (Wildman–Crippen LogP) is 6.53. The number of rotatable bonds is 23. The van der Waals surface area contributed by atoms with E-state index >= 15 is 0 Å². The molecule has 0 heterocycles. The number of hydrogen-bond donors (Lipinski definition) is 2. The molecule has 0 bridgehead atoms. The van der Waals surface area contributed by atoms with Crippen LogP contribution in [0.5, 0.6) is 0 Å². The summed E-state index contributed by atoms with van der Waals surface area (Å²) >= 11 is 0. The Labute approximate surface area is 237 Å². The fourth-order valence-electron chi connectivity index (χ4n) is 5.31. The first-order chi connectivity index (χ1) is 17.5. The largest absolute Gasteiger partial charge is 0.286 e. The standard InChI is InChI=1S/C25H55N2O3S.C3H8O3S/c1-7-9-11-13-15-16-18-20-23-27(5,6)25(21-24-31(28,29)30)26(3,4)22-19-17-14-12-10-8-2;1-2-3-7(4,5)6/h25H,7-24H2,1-6H3;2-3H2,1H3,(H,4,5,6)/q+1;/p+1. The number of hydrogen-bond acceptors (Lipinski definition) is 4. The van der Waals surface area contributed by atoms with E-state index in [0.29, 0.717) is 12.8 Å². The van der Waals surface area contributed by atoms with E-state index < -0.39 is 20.2 Å². The molecule has 0 saturated carbocycles. The highest BCUT2D eigenvalue weighted by atomic mass is 32.2. The Balaban J connectivity index is 0. The maximum Gasteiger partial charge on any atom is 0.265 e. The zero-order valence-corrected chi connectivity index (χ0v) is 27.6. The lowest BCUT2D eigenvalue weighted by Crippen LogP contribution is -2.65. The molecule has 0 aliphatic rings. The van der Waals surface area contributed by atoms with Crippen molar-refractivity contribution in [3.8, 4) is 0 Å². The van der Waals surface area contributed by atoms with Crippen molar-refractivity contribution >= 4 is 20.2 Å². The van der Waals surface area contributed by atoms with Gasteiger partial charge in [-0.05, 0) is 32.1 Å². The van der Waals surface area contributed by atoms with Crippen molar-refractivity contribution in [1.82, 2.24) is 0 Å². The van der Waals surface area contributed by atoms with E-state index in [1.54, 1.807) is 6.92 Å². The molecule has 232 valence electrons. The van der Waals surface area contributed by atoms with Crippen LogP contribution in [0.2, 0.25) is 0 Å². The molecule has 2 N–H and O–H groups in total. The van der Waals surface area contributed by atoms with Gasteiger partial charge in [-0.15, -0.1) is 0 Å². The molecule has 0 aliphatic carbocycles. The van der Waals surface area contributed by atoms with E-state index in [0.717, 1.165) is 22.1 Å². The van der Waals surface area contributed by atoms with Gasteiger partial charge >= 0.3 is 0 Å². The van der Waals surface area contributed by atoms with Gasteiger partial charge in [0.25, 0.3) is 20.2 Å². The van der Waals surface area contributed by atoms with Crippen LogP contribution >= 0.6 is 0 Å². The molecule has 0 aromatic carbocycles. The van der Waals surface area contributed by atoms with Crippen LogP contribution in [0.25, 0.3) is 0 Å². The lowest BCUT2D eigenvalue weighted by atomic mass is 10.1. The fourth-order valence-corrected chi connectivity index (χ4v) is 6.33. The van der Waals surface area contributed by atoms with E-state index in [1.165, 1.54) is 89.9 Å². The van der Waals surface area contributed by atoms with Gasteiger partial charge in [0.15, 0.2) is 0 Å². The molecule has 0 aliphatic heterocycles. The molecule has 0 spiro atoms. The van der Waals surface area contributed by atoms with Crippen molar-refractivity contribution < 1.29 is 34.9 Å². The van der Waals surface area contributed by atoms with Crippen molar-refractivity contribution in [2.75, 3.05) is 52.8 Å². The van der Waals surface area contributed by atoms with Gasteiger partial charge in [0, 0.05) is 0 Å². The van der Waals surface area contributed by atoms with E-state index in [4.69, 9.17) is 4.55 Å². The second-order valence-electron chi connectivity index (χ2n) is 12.1. The zero-order chi connectivity index (χ0) is 29.7. The minimum absolute atomic E-state index is 0.132. The highest BCUT2D eigenvalue weighted by Gasteiger charge is 2.41. The van der Waals surface area contributed by atoms with Crippen LogP contribution < -0.4 is 0 Å². The van der Waals surface area contributed by atoms with Gasteiger partial charge in [-0.2, -0.15) is 16.8 Å². The minimum atomic E-state index is -3.94. The molecule has 0 aromatic heterocycles. The van der Waals surface area contributed by atoms with Crippen molar-refractivity contribution in [2.45, 2.75) is 130 Å². The molecule has 38 heavy (non-hydrogen) atoms. The van der Waals surface area contributed by atoms with Crippen LogP contribution in [0.4, 0.5) is 0 Å². The average molecular weight is 589 g/mol. The topological polar surface area (TPSA) is 109 Å². The molecule has 8 nitrogen and oxygen atoms in total. The highest BCUT2D eigenvalue weighted by Crippen LogP contribution is 2.24. The Morgan fingerprint density at radius 3 is 1.08 bits per heavy atom. The third kappa shape index (κ3) is 24.8. The average Bonchev–Trinajstić information content (AvgIpc) is 2.76.